The Morgan fingerprint density at radius 1 is 1.28 bits per heavy atom. The minimum absolute atomic E-state index is 0.0120. The van der Waals surface area contributed by atoms with E-state index in [1.807, 2.05) is 0 Å². The number of rotatable bonds is 16. The van der Waals surface area contributed by atoms with Crippen molar-refractivity contribution in [3.05, 3.63) is 12.7 Å². The average molecular weight is 380 g/mol. The van der Waals surface area contributed by atoms with Gasteiger partial charge in [-0.15, -0.1) is 6.58 Å². The van der Waals surface area contributed by atoms with Crippen LogP contribution in [0, 0.1) is 5.92 Å². The Morgan fingerprint density at radius 3 is 2.56 bits per heavy atom. The van der Waals surface area contributed by atoms with E-state index in [2.05, 4.69) is 25.7 Å². The number of ether oxygens (including phenoxy) is 1. The van der Waals surface area contributed by atoms with E-state index in [-0.39, 0.29) is 38.9 Å². The van der Waals surface area contributed by atoms with Crippen molar-refractivity contribution in [2.45, 2.75) is 39.7 Å². The van der Waals surface area contributed by atoms with Gasteiger partial charge in [-0.25, -0.2) is 4.57 Å². The zero-order chi connectivity index (χ0) is 19.1. The van der Waals surface area contributed by atoms with Crippen LogP contribution in [0.15, 0.2) is 12.7 Å². The predicted octanol–water partition coefficient (Wildman–Crippen LogP) is 2.25. The highest BCUT2D eigenvalue weighted by atomic mass is 31.2. The molecule has 0 spiro atoms. The molecule has 1 amide bonds. The van der Waals surface area contributed by atoms with Gasteiger partial charge in [0.25, 0.3) is 0 Å². The maximum Gasteiger partial charge on any atom is 0.475 e. The Bertz CT molecular complexity index is 421. The number of hydrogen-bond donors (Lipinski definition) is 2. The van der Waals surface area contributed by atoms with E-state index in [1.165, 1.54) is 13.0 Å². The molecule has 8 nitrogen and oxygen atoms in total. The van der Waals surface area contributed by atoms with Crippen molar-refractivity contribution in [1.82, 2.24) is 5.32 Å². The number of hydrogen-bond acceptors (Lipinski definition) is 7. The Morgan fingerprint density at radius 2 is 2.00 bits per heavy atom. The normalized spacial score (nSPS) is 16.0. The highest BCUT2D eigenvalue weighted by Crippen LogP contribution is 2.49. The molecule has 0 aromatic carbocycles. The number of amides is 1. The molecule has 0 aromatic heterocycles. The monoisotopic (exact) mass is 380 g/mol. The number of phosphoric ester groups is 1. The average Bonchev–Trinajstić information content (AvgIpc) is 2.59. The molecule has 3 atom stereocenters. The molecule has 0 aliphatic heterocycles. The topological polar surface area (TPSA) is 109 Å². The van der Waals surface area contributed by atoms with Crippen LogP contribution in [-0.4, -0.2) is 51.5 Å². The van der Waals surface area contributed by atoms with Gasteiger partial charge in [-0.1, -0.05) is 26.3 Å². The van der Waals surface area contributed by atoms with E-state index >= 15 is 0 Å². The van der Waals surface area contributed by atoms with Crippen molar-refractivity contribution >= 4 is 13.7 Å². The molecular weight excluding hydrogens is 347 g/mol. The summed E-state index contributed by atoms with van der Waals surface area (Å²) in [6.07, 6.45) is 3.46. The van der Waals surface area contributed by atoms with Crippen LogP contribution in [0.5, 0.6) is 0 Å². The second kappa shape index (κ2) is 14.4. The lowest BCUT2D eigenvalue weighted by Gasteiger charge is -2.22. The summed E-state index contributed by atoms with van der Waals surface area (Å²) in [5.74, 6) is 0.344. The van der Waals surface area contributed by atoms with Crippen LogP contribution in [0.25, 0.3) is 0 Å². The second-order valence-corrected chi connectivity index (χ2v) is 7.39. The van der Waals surface area contributed by atoms with Crippen molar-refractivity contribution in [3.63, 3.8) is 0 Å². The number of phosphoric acid groups is 1. The van der Waals surface area contributed by atoms with Gasteiger partial charge in [0.15, 0.2) is 0 Å². The summed E-state index contributed by atoms with van der Waals surface area (Å²) in [5, 5.41) is 2.70. The summed E-state index contributed by atoms with van der Waals surface area (Å²) in [4.78, 5) is 11.3. The maximum atomic E-state index is 12.5. The second-order valence-electron chi connectivity index (χ2n) is 5.72. The molecule has 3 unspecified atom stereocenters. The summed E-state index contributed by atoms with van der Waals surface area (Å²) in [6, 6.07) is -0.462. The van der Waals surface area contributed by atoms with Crippen LogP contribution < -0.4 is 11.1 Å². The molecule has 25 heavy (non-hydrogen) atoms. The fraction of sp³-hybridized carbons (Fsp3) is 0.812. The zero-order valence-corrected chi connectivity index (χ0v) is 16.5. The molecule has 0 aliphatic rings. The Hall–Kier alpha value is -0.760. The van der Waals surface area contributed by atoms with E-state index in [0.717, 1.165) is 12.8 Å². The lowest BCUT2D eigenvalue weighted by Crippen LogP contribution is -2.40. The van der Waals surface area contributed by atoms with Gasteiger partial charge in [-0.3, -0.25) is 18.4 Å². The molecule has 0 aliphatic carbocycles. The van der Waals surface area contributed by atoms with E-state index < -0.39 is 13.9 Å². The van der Waals surface area contributed by atoms with E-state index in [9.17, 15) is 9.36 Å². The van der Waals surface area contributed by atoms with Crippen molar-refractivity contribution in [2.24, 2.45) is 11.7 Å². The van der Waals surface area contributed by atoms with E-state index in [4.69, 9.17) is 24.0 Å². The first kappa shape index (κ1) is 24.2. The Labute approximate surface area is 151 Å². The summed E-state index contributed by atoms with van der Waals surface area (Å²) >= 11 is 0. The molecule has 0 saturated heterocycles. The standard InChI is InChI=1S/C16H33N2O6P/c1-5-9-22-25(20,23-11-8-17)24-13-16(18-15(4)19)12-21-10-7-14(3)6-2/h5,14,16H,1,6-13,17H2,2-4H3,(H,18,19). The van der Waals surface area contributed by atoms with Gasteiger partial charge >= 0.3 is 7.82 Å². The largest absolute Gasteiger partial charge is 0.475 e. The molecule has 0 heterocycles. The minimum Gasteiger partial charge on any atom is -0.379 e. The van der Waals surface area contributed by atoms with Crippen LogP contribution in [0.1, 0.15) is 33.6 Å². The van der Waals surface area contributed by atoms with Crippen LogP contribution >= 0.6 is 7.82 Å². The molecule has 3 N–H and O–H groups in total. The number of carbonyl (C=O) groups excluding carboxylic acids is 1. The summed E-state index contributed by atoms with van der Waals surface area (Å²) in [5.41, 5.74) is 5.35. The quantitative estimate of drug-likeness (QED) is 0.240. The summed E-state index contributed by atoms with van der Waals surface area (Å²) < 4.78 is 33.5. The van der Waals surface area contributed by atoms with Gasteiger partial charge in [0.05, 0.1) is 32.5 Å². The lowest BCUT2D eigenvalue weighted by molar-refractivity contribution is -0.120. The highest BCUT2D eigenvalue weighted by molar-refractivity contribution is 7.48. The molecule has 0 fully saturated rings. The molecule has 0 rings (SSSR count). The fourth-order valence-electron chi connectivity index (χ4n) is 1.73. The van der Waals surface area contributed by atoms with E-state index in [1.54, 1.807) is 0 Å². The van der Waals surface area contributed by atoms with Gasteiger partial charge < -0.3 is 15.8 Å². The van der Waals surface area contributed by atoms with Crippen LogP contribution in [-0.2, 0) is 27.7 Å². The highest BCUT2D eigenvalue weighted by Gasteiger charge is 2.28. The van der Waals surface area contributed by atoms with E-state index in [0.29, 0.717) is 12.5 Å². The first-order valence-corrected chi connectivity index (χ1v) is 10.0. The third-order valence-electron chi connectivity index (χ3n) is 3.33. The summed E-state index contributed by atoms with van der Waals surface area (Å²) in [6.45, 7) is 10.1. The number of nitrogens with two attached hydrogens (primary N) is 1. The molecule has 0 saturated carbocycles. The third kappa shape index (κ3) is 13.1. The van der Waals surface area contributed by atoms with Gasteiger partial charge in [0.2, 0.25) is 5.91 Å². The molecular formula is C16H33N2O6P. The molecule has 148 valence electrons. The Balaban J connectivity index is 4.51. The molecule has 0 bridgehead atoms. The zero-order valence-electron chi connectivity index (χ0n) is 15.6. The van der Waals surface area contributed by atoms with Crippen molar-refractivity contribution < 1.29 is 27.7 Å². The first-order valence-electron chi connectivity index (χ1n) is 8.56. The SMILES string of the molecule is C=CCOP(=O)(OCCN)OCC(COCCC(C)CC)NC(C)=O. The number of carbonyl (C=O) groups is 1. The molecule has 0 radical (unpaired) electrons. The van der Waals surface area contributed by atoms with Crippen molar-refractivity contribution in [1.29, 1.82) is 0 Å². The number of nitrogens with one attached hydrogen (secondary N) is 1. The summed E-state index contributed by atoms with van der Waals surface area (Å²) in [7, 11) is -3.77. The van der Waals surface area contributed by atoms with Gasteiger partial charge in [-0.2, -0.15) is 0 Å². The maximum absolute atomic E-state index is 12.5. The smallest absolute Gasteiger partial charge is 0.379 e. The van der Waals surface area contributed by atoms with Crippen LogP contribution in [0.2, 0.25) is 0 Å². The Kier molecular flexibility index (Phi) is 14.0. The third-order valence-corrected chi connectivity index (χ3v) is 4.76. The van der Waals surface area contributed by atoms with Gasteiger partial charge in [0.1, 0.15) is 0 Å². The van der Waals surface area contributed by atoms with Crippen molar-refractivity contribution in [3.8, 4) is 0 Å². The predicted molar refractivity (Wildman–Crippen MR) is 97.2 cm³/mol. The molecule has 0 aromatic rings. The minimum atomic E-state index is -3.77. The fourth-order valence-corrected chi connectivity index (χ4v) is 2.94. The van der Waals surface area contributed by atoms with Gasteiger partial charge in [0, 0.05) is 20.1 Å². The van der Waals surface area contributed by atoms with Crippen molar-refractivity contribution in [2.75, 3.05) is 39.6 Å². The first-order chi connectivity index (χ1) is 11.9. The van der Waals surface area contributed by atoms with Crippen LogP contribution in [0.3, 0.4) is 0 Å². The van der Waals surface area contributed by atoms with Crippen LogP contribution in [0.4, 0.5) is 0 Å². The lowest BCUT2D eigenvalue weighted by atomic mass is 10.1. The molecule has 9 heteroatoms. The van der Waals surface area contributed by atoms with Gasteiger partial charge in [-0.05, 0) is 12.3 Å².